The molecule has 5 nitrogen and oxygen atoms in total. The topological polar surface area (TPSA) is 80.0 Å². The number of hydrazine groups is 1. The normalized spacial score (nSPS) is 12.0. The van der Waals surface area contributed by atoms with Crippen molar-refractivity contribution in [3.8, 4) is 0 Å². The van der Waals surface area contributed by atoms with Gasteiger partial charge in [-0.2, -0.15) is 0 Å². The predicted molar refractivity (Wildman–Crippen MR) is 82.5 cm³/mol. The van der Waals surface area contributed by atoms with E-state index in [0.717, 1.165) is 18.5 Å². The van der Waals surface area contributed by atoms with Crippen LogP contribution in [0.25, 0.3) is 0 Å². The summed E-state index contributed by atoms with van der Waals surface area (Å²) in [5.41, 5.74) is 4.46. The zero-order valence-corrected chi connectivity index (χ0v) is 12.7. The molecule has 0 aliphatic rings. The number of hydrogen-bond acceptors (Lipinski definition) is 4. The third kappa shape index (κ3) is 5.17. The number of rotatable bonds is 8. The molecule has 0 bridgehead atoms. The predicted octanol–water partition coefficient (Wildman–Crippen LogP) is 2.76. The lowest BCUT2D eigenvalue weighted by atomic mass is 10.1. The minimum Gasteiger partial charge on any atom is -0.349 e. The van der Waals surface area contributed by atoms with Crippen LogP contribution in [0.5, 0.6) is 0 Å². The van der Waals surface area contributed by atoms with Crippen LogP contribution in [0.2, 0.25) is 0 Å². The highest BCUT2D eigenvalue weighted by molar-refractivity contribution is 5.99. The van der Waals surface area contributed by atoms with E-state index in [0.29, 0.717) is 11.3 Å². The van der Waals surface area contributed by atoms with E-state index in [-0.39, 0.29) is 11.9 Å². The summed E-state index contributed by atoms with van der Waals surface area (Å²) < 4.78 is 0. The molecule has 1 aromatic rings. The molecule has 0 spiro atoms. The quantitative estimate of drug-likeness (QED) is 0.388. The van der Waals surface area contributed by atoms with Gasteiger partial charge in [0.25, 0.3) is 5.91 Å². The highest BCUT2D eigenvalue weighted by atomic mass is 16.1. The SMILES string of the molecule is CCCCCCC(C)NC(=O)c1cnc(C)cc1NN. The van der Waals surface area contributed by atoms with Crippen LogP contribution in [0.4, 0.5) is 5.69 Å². The van der Waals surface area contributed by atoms with Crippen LogP contribution in [0.15, 0.2) is 12.3 Å². The van der Waals surface area contributed by atoms with Gasteiger partial charge in [-0.3, -0.25) is 15.6 Å². The summed E-state index contributed by atoms with van der Waals surface area (Å²) in [6.07, 6.45) is 7.40. The van der Waals surface area contributed by atoms with Crippen molar-refractivity contribution in [2.75, 3.05) is 5.43 Å². The Kier molecular flexibility index (Phi) is 7.01. The maximum Gasteiger partial charge on any atom is 0.255 e. The second kappa shape index (κ2) is 8.53. The van der Waals surface area contributed by atoms with Gasteiger partial charge in [-0.15, -0.1) is 0 Å². The molecule has 1 heterocycles. The lowest BCUT2D eigenvalue weighted by Crippen LogP contribution is -2.33. The maximum atomic E-state index is 12.2. The van der Waals surface area contributed by atoms with Gasteiger partial charge in [0.1, 0.15) is 0 Å². The molecule has 1 rings (SSSR count). The Balaban J connectivity index is 2.53. The number of aromatic nitrogens is 1. The van der Waals surface area contributed by atoms with E-state index in [2.05, 4.69) is 22.7 Å². The Morgan fingerprint density at radius 2 is 2.15 bits per heavy atom. The van der Waals surface area contributed by atoms with Crippen molar-refractivity contribution in [1.29, 1.82) is 0 Å². The van der Waals surface area contributed by atoms with Gasteiger partial charge in [-0.1, -0.05) is 32.6 Å². The first-order valence-corrected chi connectivity index (χ1v) is 7.32. The van der Waals surface area contributed by atoms with Crippen LogP contribution in [0.3, 0.4) is 0 Å². The zero-order chi connectivity index (χ0) is 15.0. The monoisotopic (exact) mass is 278 g/mol. The third-order valence-electron chi connectivity index (χ3n) is 3.31. The number of pyridine rings is 1. The van der Waals surface area contributed by atoms with Crippen molar-refractivity contribution in [2.24, 2.45) is 5.84 Å². The number of nitrogens with zero attached hydrogens (tertiary/aromatic N) is 1. The lowest BCUT2D eigenvalue weighted by molar-refractivity contribution is 0.0938. The average Bonchev–Trinajstić information content (AvgIpc) is 2.43. The van der Waals surface area contributed by atoms with E-state index >= 15 is 0 Å². The number of unbranched alkanes of at least 4 members (excludes halogenated alkanes) is 3. The van der Waals surface area contributed by atoms with E-state index in [1.165, 1.54) is 19.3 Å². The van der Waals surface area contributed by atoms with Crippen LogP contribution in [0, 0.1) is 6.92 Å². The molecule has 0 aliphatic heterocycles. The van der Waals surface area contributed by atoms with Crippen molar-refractivity contribution < 1.29 is 4.79 Å². The molecule has 112 valence electrons. The fourth-order valence-corrected chi connectivity index (χ4v) is 2.11. The highest BCUT2D eigenvalue weighted by Crippen LogP contribution is 2.15. The minimum atomic E-state index is -0.131. The number of anilines is 1. The second-order valence-electron chi connectivity index (χ2n) is 5.24. The second-order valence-corrected chi connectivity index (χ2v) is 5.24. The number of aryl methyl sites for hydroxylation is 1. The van der Waals surface area contributed by atoms with Crippen molar-refractivity contribution in [3.63, 3.8) is 0 Å². The molecule has 1 atom stereocenters. The zero-order valence-electron chi connectivity index (χ0n) is 12.7. The molecular formula is C15H26N4O. The summed E-state index contributed by atoms with van der Waals surface area (Å²) in [7, 11) is 0. The molecule has 5 heteroatoms. The Hall–Kier alpha value is -1.62. The fraction of sp³-hybridized carbons (Fsp3) is 0.600. The van der Waals surface area contributed by atoms with E-state index in [9.17, 15) is 4.79 Å². The van der Waals surface area contributed by atoms with Crippen LogP contribution in [0.1, 0.15) is 62.0 Å². The first kappa shape index (κ1) is 16.4. The third-order valence-corrected chi connectivity index (χ3v) is 3.31. The number of nitrogens with two attached hydrogens (primary N) is 1. The Labute approximate surface area is 121 Å². The van der Waals surface area contributed by atoms with Gasteiger partial charge >= 0.3 is 0 Å². The lowest BCUT2D eigenvalue weighted by Gasteiger charge is -2.15. The summed E-state index contributed by atoms with van der Waals surface area (Å²) in [5, 5.41) is 2.99. The standard InChI is InChI=1S/C15H26N4O/c1-4-5-6-7-8-11(2)18-15(20)13-10-17-12(3)9-14(13)19-16/h9-11H,4-8,16H2,1-3H3,(H,17,19)(H,18,20). The largest absolute Gasteiger partial charge is 0.349 e. The number of carbonyl (C=O) groups is 1. The molecule has 0 fully saturated rings. The number of nitrogens with one attached hydrogen (secondary N) is 2. The Morgan fingerprint density at radius 1 is 1.40 bits per heavy atom. The highest BCUT2D eigenvalue weighted by Gasteiger charge is 2.14. The minimum absolute atomic E-state index is 0.131. The number of nitrogen functional groups attached to an aromatic ring is 1. The molecular weight excluding hydrogens is 252 g/mol. The summed E-state index contributed by atoms with van der Waals surface area (Å²) in [4.78, 5) is 16.3. The number of amides is 1. The van der Waals surface area contributed by atoms with Crippen molar-refractivity contribution >= 4 is 11.6 Å². The molecule has 1 amide bonds. The molecule has 0 saturated carbocycles. The van der Waals surface area contributed by atoms with Crippen LogP contribution in [-0.4, -0.2) is 16.9 Å². The molecule has 4 N–H and O–H groups in total. The number of carbonyl (C=O) groups excluding carboxylic acids is 1. The van der Waals surface area contributed by atoms with Gasteiger partial charge in [-0.05, 0) is 26.3 Å². The van der Waals surface area contributed by atoms with Gasteiger partial charge in [-0.25, -0.2) is 0 Å². The maximum absolute atomic E-state index is 12.2. The van der Waals surface area contributed by atoms with E-state index < -0.39 is 0 Å². The summed E-state index contributed by atoms with van der Waals surface area (Å²) >= 11 is 0. The molecule has 0 saturated heterocycles. The van der Waals surface area contributed by atoms with Crippen molar-refractivity contribution in [2.45, 2.75) is 58.9 Å². The molecule has 1 unspecified atom stereocenters. The van der Waals surface area contributed by atoms with Gasteiger partial charge in [0, 0.05) is 17.9 Å². The van der Waals surface area contributed by atoms with Crippen LogP contribution in [-0.2, 0) is 0 Å². The molecule has 0 aliphatic carbocycles. The Morgan fingerprint density at radius 3 is 2.80 bits per heavy atom. The van der Waals surface area contributed by atoms with E-state index in [4.69, 9.17) is 5.84 Å². The molecule has 0 radical (unpaired) electrons. The first-order valence-electron chi connectivity index (χ1n) is 7.32. The summed E-state index contributed by atoms with van der Waals surface area (Å²) in [5.74, 6) is 5.31. The number of hydrogen-bond donors (Lipinski definition) is 3. The Bertz CT molecular complexity index is 434. The van der Waals surface area contributed by atoms with Gasteiger partial charge in [0.15, 0.2) is 0 Å². The van der Waals surface area contributed by atoms with Crippen molar-refractivity contribution in [3.05, 3.63) is 23.5 Å². The average molecular weight is 278 g/mol. The van der Waals surface area contributed by atoms with Gasteiger partial charge < -0.3 is 10.7 Å². The molecule has 1 aromatic heterocycles. The van der Waals surface area contributed by atoms with Gasteiger partial charge in [0.05, 0.1) is 11.3 Å². The summed E-state index contributed by atoms with van der Waals surface area (Å²) in [6, 6.07) is 1.92. The fourth-order valence-electron chi connectivity index (χ4n) is 2.11. The van der Waals surface area contributed by atoms with Crippen LogP contribution < -0.4 is 16.6 Å². The smallest absolute Gasteiger partial charge is 0.255 e. The summed E-state index contributed by atoms with van der Waals surface area (Å²) in [6.45, 7) is 6.08. The van der Waals surface area contributed by atoms with E-state index in [1.54, 1.807) is 12.3 Å². The molecule has 20 heavy (non-hydrogen) atoms. The van der Waals surface area contributed by atoms with Crippen LogP contribution >= 0.6 is 0 Å². The first-order chi connectivity index (χ1) is 9.58. The van der Waals surface area contributed by atoms with Gasteiger partial charge in [0.2, 0.25) is 0 Å². The van der Waals surface area contributed by atoms with Crippen molar-refractivity contribution in [1.82, 2.24) is 10.3 Å². The molecule has 0 aromatic carbocycles. The van der Waals surface area contributed by atoms with E-state index in [1.807, 2.05) is 13.8 Å².